The SMILES string of the molecule is Cn1cc(Oc2cc(CO)cc(C(C)(C)C)n2)cn1. The Labute approximate surface area is 112 Å². The van der Waals surface area contributed by atoms with Gasteiger partial charge in [-0.1, -0.05) is 20.8 Å². The predicted octanol–water partition coefficient (Wildman–Crippen LogP) is 2.40. The number of aromatic nitrogens is 3. The fourth-order valence-corrected chi connectivity index (χ4v) is 1.66. The summed E-state index contributed by atoms with van der Waals surface area (Å²) in [5.74, 6) is 1.11. The molecule has 2 rings (SSSR count). The maximum absolute atomic E-state index is 9.32. The first-order valence-electron chi connectivity index (χ1n) is 6.17. The quantitative estimate of drug-likeness (QED) is 0.921. The second-order valence-corrected chi connectivity index (χ2v) is 5.56. The average molecular weight is 261 g/mol. The lowest BCUT2D eigenvalue weighted by Crippen LogP contribution is -2.14. The minimum atomic E-state index is -0.0990. The zero-order chi connectivity index (χ0) is 14.0. The van der Waals surface area contributed by atoms with Crippen molar-refractivity contribution in [2.45, 2.75) is 32.8 Å². The number of pyridine rings is 1. The number of hydrogen-bond acceptors (Lipinski definition) is 4. The molecule has 5 nitrogen and oxygen atoms in total. The zero-order valence-corrected chi connectivity index (χ0v) is 11.7. The summed E-state index contributed by atoms with van der Waals surface area (Å²) in [6.07, 6.45) is 3.40. The molecule has 0 aliphatic heterocycles. The molecule has 1 N–H and O–H groups in total. The van der Waals surface area contributed by atoms with Gasteiger partial charge in [-0.05, 0) is 11.6 Å². The molecule has 2 aromatic rings. The van der Waals surface area contributed by atoms with E-state index in [1.807, 2.05) is 13.1 Å². The van der Waals surface area contributed by atoms with Gasteiger partial charge in [-0.3, -0.25) is 4.68 Å². The lowest BCUT2D eigenvalue weighted by molar-refractivity contribution is 0.280. The molecule has 5 heteroatoms. The summed E-state index contributed by atoms with van der Waals surface area (Å²) in [5.41, 5.74) is 1.58. The second-order valence-electron chi connectivity index (χ2n) is 5.56. The Bertz CT molecular complexity index is 570. The Morgan fingerprint density at radius 1 is 1.32 bits per heavy atom. The Hall–Kier alpha value is -1.88. The van der Waals surface area contributed by atoms with E-state index in [2.05, 4.69) is 30.9 Å². The standard InChI is InChI=1S/C14H19N3O2/c1-14(2,3)12-5-10(9-18)6-13(16-12)19-11-7-15-17(4)8-11/h5-8,18H,9H2,1-4H3. The van der Waals surface area contributed by atoms with E-state index in [1.54, 1.807) is 23.1 Å². The van der Waals surface area contributed by atoms with Gasteiger partial charge >= 0.3 is 0 Å². The first-order chi connectivity index (χ1) is 8.88. The van der Waals surface area contributed by atoms with Crippen molar-refractivity contribution >= 4 is 0 Å². The van der Waals surface area contributed by atoms with Crippen LogP contribution in [0.25, 0.3) is 0 Å². The van der Waals surface area contributed by atoms with Crippen molar-refractivity contribution in [1.29, 1.82) is 0 Å². The van der Waals surface area contributed by atoms with Gasteiger partial charge in [0.25, 0.3) is 0 Å². The number of aryl methyl sites for hydroxylation is 1. The van der Waals surface area contributed by atoms with E-state index in [4.69, 9.17) is 4.74 Å². The van der Waals surface area contributed by atoms with E-state index in [0.717, 1.165) is 11.3 Å². The van der Waals surface area contributed by atoms with Crippen LogP contribution in [0.1, 0.15) is 32.0 Å². The molecule has 19 heavy (non-hydrogen) atoms. The topological polar surface area (TPSA) is 60.2 Å². The molecule has 102 valence electrons. The number of hydrogen-bond donors (Lipinski definition) is 1. The van der Waals surface area contributed by atoms with Crippen LogP contribution in [0.4, 0.5) is 0 Å². The molecular weight excluding hydrogens is 242 g/mol. The third kappa shape index (κ3) is 3.32. The molecular formula is C14H19N3O2. The average Bonchev–Trinajstić information content (AvgIpc) is 2.73. The van der Waals surface area contributed by atoms with E-state index >= 15 is 0 Å². The summed E-state index contributed by atoms with van der Waals surface area (Å²) in [6, 6.07) is 3.64. The van der Waals surface area contributed by atoms with Crippen LogP contribution in [0.5, 0.6) is 11.6 Å². The zero-order valence-electron chi connectivity index (χ0n) is 11.7. The van der Waals surface area contributed by atoms with Gasteiger partial charge in [0.05, 0.1) is 24.7 Å². The highest BCUT2D eigenvalue weighted by Gasteiger charge is 2.17. The predicted molar refractivity (Wildman–Crippen MR) is 72.1 cm³/mol. The Morgan fingerprint density at radius 3 is 2.58 bits per heavy atom. The molecule has 0 aliphatic rings. The summed E-state index contributed by atoms with van der Waals surface area (Å²) in [6.45, 7) is 6.19. The van der Waals surface area contributed by atoms with Crippen molar-refractivity contribution in [1.82, 2.24) is 14.8 Å². The molecule has 0 saturated carbocycles. The number of rotatable bonds is 3. The largest absolute Gasteiger partial charge is 0.436 e. The molecule has 0 aromatic carbocycles. The van der Waals surface area contributed by atoms with E-state index in [1.165, 1.54) is 0 Å². The Kier molecular flexibility index (Phi) is 3.57. The highest BCUT2D eigenvalue weighted by Crippen LogP contribution is 2.26. The summed E-state index contributed by atoms with van der Waals surface area (Å²) in [5, 5.41) is 13.4. The summed E-state index contributed by atoms with van der Waals surface area (Å²) < 4.78 is 7.33. The van der Waals surface area contributed by atoms with Gasteiger partial charge in [0, 0.05) is 18.5 Å². The molecule has 0 bridgehead atoms. The molecule has 0 spiro atoms. The lowest BCUT2D eigenvalue weighted by Gasteiger charge is -2.19. The Morgan fingerprint density at radius 2 is 2.05 bits per heavy atom. The molecule has 0 atom stereocenters. The summed E-state index contributed by atoms with van der Waals surface area (Å²) >= 11 is 0. The van der Waals surface area contributed by atoms with E-state index in [9.17, 15) is 5.11 Å². The highest BCUT2D eigenvalue weighted by molar-refractivity contribution is 5.30. The first kappa shape index (κ1) is 13.5. The molecule has 2 aromatic heterocycles. The van der Waals surface area contributed by atoms with Crippen molar-refractivity contribution in [2.24, 2.45) is 7.05 Å². The number of nitrogens with zero attached hydrogens (tertiary/aromatic N) is 3. The van der Waals surface area contributed by atoms with Gasteiger partial charge in [0.2, 0.25) is 5.88 Å². The van der Waals surface area contributed by atoms with Crippen molar-refractivity contribution < 1.29 is 9.84 Å². The first-order valence-corrected chi connectivity index (χ1v) is 6.17. The van der Waals surface area contributed by atoms with Gasteiger partial charge in [-0.2, -0.15) is 5.10 Å². The van der Waals surface area contributed by atoms with Gasteiger partial charge in [-0.15, -0.1) is 0 Å². The molecule has 0 unspecified atom stereocenters. The third-order valence-corrected chi connectivity index (χ3v) is 2.72. The second kappa shape index (κ2) is 5.01. The van der Waals surface area contributed by atoms with Crippen LogP contribution in [0.2, 0.25) is 0 Å². The molecule has 2 heterocycles. The van der Waals surface area contributed by atoms with Crippen molar-refractivity contribution in [3.05, 3.63) is 35.8 Å². The van der Waals surface area contributed by atoms with Crippen LogP contribution in [0, 0.1) is 0 Å². The monoisotopic (exact) mass is 261 g/mol. The van der Waals surface area contributed by atoms with E-state index in [-0.39, 0.29) is 12.0 Å². The van der Waals surface area contributed by atoms with Crippen LogP contribution in [-0.4, -0.2) is 19.9 Å². The molecule has 0 amide bonds. The van der Waals surface area contributed by atoms with E-state index in [0.29, 0.717) is 11.6 Å². The maximum Gasteiger partial charge on any atom is 0.219 e. The fourth-order valence-electron chi connectivity index (χ4n) is 1.66. The summed E-state index contributed by atoms with van der Waals surface area (Å²) in [7, 11) is 1.82. The smallest absolute Gasteiger partial charge is 0.219 e. The van der Waals surface area contributed by atoms with Crippen molar-refractivity contribution in [3.8, 4) is 11.6 Å². The number of aliphatic hydroxyl groups is 1. The van der Waals surface area contributed by atoms with Crippen LogP contribution in [0.15, 0.2) is 24.5 Å². The minimum absolute atomic E-state index is 0.0327. The van der Waals surface area contributed by atoms with E-state index < -0.39 is 0 Å². The third-order valence-electron chi connectivity index (χ3n) is 2.72. The molecule has 0 saturated heterocycles. The fraction of sp³-hybridized carbons (Fsp3) is 0.429. The van der Waals surface area contributed by atoms with Crippen molar-refractivity contribution in [2.75, 3.05) is 0 Å². The van der Waals surface area contributed by atoms with Crippen LogP contribution >= 0.6 is 0 Å². The van der Waals surface area contributed by atoms with Gasteiger partial charge in [-0.25, -0.2) is 4.98 Å². The maximum atomic E-state index is 9.32. The minimum Gasteiger partial charge on any atom is -0.436 e. The van der Waals surface area contributed by atoms with Crippen LogP contribution in [-0.2, 0) is 19.1 Å². The van der Waals surface area contributed by atoms with Crippen LogP contribution in [0.3, 0.4) is 0 Å². The number of ether oxygens (including phenoxy) is 1. The normalized spacial score (nSPS) is 11.6. The molecule has 0 aliphatic carbocycles. The summed E-state index contributed by atoms with van der Waals surface area (Å²) in [4.78, 5) is 4.49. The molecule has 0 fully saturated rings. The molecule has 0 radical (unpaired) electrons. The van der Waals surface area contributed by atoms with Gasteiger partial charge in [0.15, 0.2) is 5.75 Å². The Balaban J connectivity index is 2.34. The van der Waals surface area contributed by atoms with Gasteiger partial charge < -0.3 is 9.84 Å². The number of aliphatic hydroxyl groups excluding tert-OH is 1. The highest BCUT2D eigenvalue weighted by atomic mass is 16.5. The lowest BCUT2D eigenvalue weighted by atomic mass is 9.91. The van der Waals surface area contributed by atoms with Gasteiger partial charge in [0.1, 0.15) is 0 Å². The van der Waals surface area contributed by atoms with Crippen LogP contribution < -0.4 is 4.74 Å². The van der Waals surface area contributed by atoms with Crippen molar-refractivity contribution in [3.63, 3.8) is 0 Å².